The highest BCUT2D eigenvalue weighted by molar-refractivity contribution is 5.97. The van der Waals surface area contributed by atoms with E-state index in [1.165, 1.54) is 6.92 Å². The molecular formula is C17H15NO3. The van der Waals surface area contributed by atoms with Crippen LogP contribution in [0.1, 0.15) is 28.4 Å². The van der Waals surface area contributed by atoms with Crippen LogP contribution in [-0.2, 0) is 11.3 Å². The molecule has 2 aromatic carbocycles. The van der Waals surface area contributed by atoms with Crippen LogP contribution in [0.25, 0.3) is 0 Å². The maximum atomic E-state index is 11.6. The van der Waals surface area contributed by atoms with Crippen molar-refractivity contribution in [3.05, 3.63) is 59.2 Å². The second-order valence-corrected chi connectivity index (χ2v) is 4.56. The lowest BCUT2D eigenvalue weighted by molar-refractivity contribution is 0.101. The molecule has 0 aliphatic rings. The van der Waals surface area contributed by atoms with Crippen molar-refractivity contribution in [1.82, 2.24) is 0 Å². The summed E-state index contributed by atoms with van der Waals surface area (Å²) in [6.07, 6.45) is 0. The molecule has 0 saturated carbocycles. The van der Waals surface area contributed by atoms with Gasteiger partial charge >= 0.3 is 0 Å². The zero-order valence-corrected chi connectivity index (χ0v) is 11.9. The number of nitriles is 1. The molecule has 106 valence electrons. The summed E-state index contributed by atoms with van der Waals surface area (Å²) in [6, 6.07) is 14.2. The number of ether oxygens (including phenoxy) is 2. The molecule has 2 aromatic rings. The zero-order chi connectivity index (χ0) is 15.2. The van der Waals surface area contributed by atoms with Gasteiger partial charge in [0.25, 0.3) is 0 Å². The molecule has 0 atom stereocenters. The van der Waals surface area contributed by atoms with Crippen LogP contribution in [0, 0.1) is 11.3 Å². The monoisotopic (exact) mass is 281 g/mol. The van der Waals surface area contributed by atoms with Gasteiger partial charge in [-0.25, -0.2) is 0 Å². The number of ketones is 1. The van der Waals surface area contributed by atoms with E-state index in [4.69, 9.17) is 14.7 Å². The molecule has 21 heavy (non-hydrogen) atoms. The molecule has 0 heterocycles. The number of carbonyl (C=O) groups excluding carboxylic acids is 1. The number of carbonyl (C=O) groups is 1. The number of hydrogen-bond acceptors (Lipinski definition) is 4. The van der Waals surface area contributed by atoms with Gasteiger partial charge in [0.15, 0.2) is 5.78 Å². The zero-order valence-electron chi connectivity index (χ0n) is 11.9. The summed E-state index contributed by atoms with van der Waals surface area (Å²) in [5, 5.41) is 8.96. The van der Waals surface area contributed by atoms with Gasteiger partial charge in [-0.1, -0.05) is 12.1 Å². The number of rotatable bonds is 5. The molecule has 4 nitrogen and oxygen atoms in total. The Bertz CT molecular complexity index is 701. The van der Waals surface area contributed by atoms with Crippen LogP contribution < -0.4 is 4.74 Å². The van der Waals surface area contributed by atoms with Gasteiger partial charge < -0.3 is 9.47 Å². The van der Waals surface area contributed by atoms with Gasteiger partial charge in [0, 0.05) is 7.11 Å². The van der Waals surface area contributed by atoms with Crippen LogP contribution >= 0.6 is 0 Å². The minimum Gasteiger partial charge on any atom is -0.457 e. The average Bonchev–Trinajstić information content (AvgIpc) is 2.47. The smallest absolute Gasteiger partial charge is 0.163 e. The minimum atomic E-state index is -0.109. The van der Waals surface area contributed by atoms with Crippen LogP contribution in [0.2, 0.25) is 0 Å². The fourth-order valence-corrected chi connectivity index (χ4v) is 1.96. The summed E-state index contributed by atoms with van der Waals surface area (Å²) in [5.41, 5.74) is 1.87. The fourth-order valence-electron chi connectivity index (χ4n) is 1.96. The maximum Gasteiger partial charge on any atom is 0.163 e. The molecule has 0 N–H and O–H groups in total. The average molecular weight is 281 g/mol. The van der Waals surface area contributed by atoms with E-state index in [9.17, 15) is 4.79 Å². The Morgan fingerprint density at radius 2 is 2.05 bits per heavy atom. The van der Waals surface area contributed by atoms with Crippen molar-refractivity contribution in [2.24, 2.45) is 0 Å². The first-order valence-electron chi connectivity index (χ1n) is 6.45. The summed E-state index contributed by atoms with van der Waals surface area (Å²) < 4.78 is 10.9. The van der Waals surface area contributed by atoms with Crippen LogP contribution in [0.5, 0.6) is 11.5 Å². The number of methoxy groups -OCH3 is 1. The van der Waals surface area contributed by atoms with E-state index in [0.717, 1.165) is 5.56 Å². The molecule has 0 saturated heterocycles. The summed E-state index contributed by atoms with van der Waals surface area (Å²) in [6.45, 7) is 1.95. The SMILES string of the molecule is COCc1cccc(Oc2cc(C#N)ccc2C(C)=O)c1. The molecule has 0 aliphatic carbocycles. The quantitative estimate of drug-likeness (QED) is 0.784. The standard InChI is InChI=1S/C17H15NO3/c1-12(19)16-7-6-13(10-18)9-17(16)21-15-5-3-4-14(8-15)11-20-2/h3-9H,11H2,1-2H3. The van der Waals surface area contributed by atoms with Gasteiger partial charge in [0.2, 0.25) is 0 Å². The molecule has 0 amide bonds. The number of hydrogen-bond donors (Lipinski definition) is 0. The summed E-state index contributed by atoms with van der Waals surface area (Å²) in [7, 11) is 1.62. The predicted molar refractivity (Wildman–Crippen MR) is 78.4 cm³/mol. The van der Waals surface area contributed by atoms with Gasteiger partial charge in [-0.15, -0.1) is 0 Å². The van der Waals surface area contributed by atoms with E-state index in [2.05, 4.69) is 0 Å². The van der Waals surface area contributed by atoms with Crippen molar-refractivity contribution in [3.8, 4) is 17.6 Å². The first-order valence-corrected chi connectivity index (χ1v) is 6.45. The van der Waals surface area contributed by atoms with Crippen molar-refractivity contribution in [3.63, 3.8) is 0 Å². The molecule has 0 bridgehead atoms. The number of nitrogens with zero attached hydrogens (tertiary/aromatic N) is 1. The number of benzene rings is 2. The summed E-state index contributed by atoms with van der Waals surface area (Å²) in [4.78, 5) is 11.6. The molecule has 0 aromatic heterocycles. The number of Topliss-reactive ketones (excluding diaryl/α,β-unsaturated/α-hetero) is 1. The largest absolute Gasteiger partial charge is 0.457 e. The topological polar surface area (TPSA) is 59.3 Å². The van der Waals surface area contributed by atoms with E-state index >= 15 is 0 Å². The highest BCUT2D eigenvalue weighted by Gasteiger charge is 2.11. The Morgan fingerprint density at radius 1 is 1.24 bits per heavy atom. The highest BCUT2D eigenvalue weighted by atomic mass is 16.5. The van der Waals surface area contributed by atoms with Crippen LogP contribution in [0.4, 0.5) is 0 Å². The second kappa shape index (κ2) is 6.69. The molecular weight excluding hydrogens is 266 g/mol. The normalized spacial score (nSPS) is 9.95. The summed E-state index contributed by atoms with van der Waals surface area (Å²) in [5.74, 6) is 0.876. The second-order valence-electron chi connectivity index (χ2n) is 4.56. The van der Waals surface area contributed by atoms with Gasteiger partial charge in [0.05, 0.1) is 23.8 Å². The van der Waals surface area contributed by atoms with Crippen LogP contribution in [0.3, 0.4) is 0 Å². The summed E-state index contributed by atoms with van der Waals surface area (Å²) >= 11 is 0. The van der Waals surface area contributed by atoms with Crippen LogP contribution in [-0.4, -0.2) is 12.9 Å². The molecule has 0 spiro atoms. The lowest BCUT2D eigenvalue weighted by Gasteiger charge is -2.11. The molecule has 4 heteroatoms. The lowest BCUT2D eigenvalue weighted by atomic mass is 10.1. The first kappa shape index (κ1) is 14.8. The van der Waals surface area contributed by atoms with E-state index in [1.807, 2.05) is 24.3 Å². The molecule has 0 unspecified atom stereocenters. The van der Waals surface area contributed by atoms with E-state index in [0.29, 0.717) is 29.2 Å². The maximum absolute atomic E-state index is 11.6. The molecule has 0 aliphatic heterocycles. The van der Waals surface area contributed by atoms with Crippen molar-refractivity contribution >= 4 is 5.78 Å². The third-order valence-corrected chi connectivity index (χ3v) is 2.93. The first-order chi connectivity index (χ1) is 10.1. The van der Waals surface area contributed by atoms with E-state index in [1.54, 1.807) is 31.4 Å². The Balaban J connectivity index is 2.36. The van der Waals surface area contributed by atoms with Gasteiger partial charge in [-0.3, -0.25) is 4.79 Å². The van der Waals surface area contributed by atoms with Crippen molar-refractivity contribution in [1.29, 1.82) is 5.26 Å². The Labute approximate surface area is 123 Å². The van der Waals surface area contributed by atoms with Gasteiger partial charge in [-0.2, -0.15) is 5.26 Å². The van der Waals surface area contributed by atoms with Gasteiger partial charge in [0.1, 0.15) is 11.5 Å². The van der Waals surface area contributed by atoms with Crippen molar-refractivity contribution < 1.29 is 14.3 Å². The Kier molecular flexibility index (Phi) is 4.70. The van der Waals surface area contributed by atoms with Crippen molar-refractivity contribution in [2.75, 3.05) is 7.11 Å². The van der Waals surface area contributed by atoms with Gasteiger partial charge in [-0.05, 0) is 42.8 Å². The third-order valence-electron chi connectivity index (χ3n) is 2.93. The van der Waals surface area contributed by atoms with E-state index < -0.39 is 0 Å². The van der Waals surface area contributed by atoms with Crippen LogP contribution in [0.15, 0.2) is 42.5 Å². The molecule has 0 fully saturated rings. The van der Waals surface area contributed by atoms with Crippen molar-refractivity contribution in [2.45, 2.75) is 13.5 Å². The van der Waals surface area contributed by atoms with E-state index in [-0.39, 0.29) is 5.78 Å². The minimum absolute atomic E-state index is 0.109. The highest BCUT2D eigenvalue weighted by Crippen LogP contribution is 2.27. The lowest BCUT2D eigenvalue weighted by Crippen LogP contribution is -1.98. The Morgan fingerprint density at radius 3 is 2.71 bits per heavy atom. The predicted octanol–water partition coefficient (Wildman–Crippen LogP) is 3.70. The molecule has 2 rings (SSSR count). The third kappa shape index (κ3) is 3.68. The molecule has 0 radical (unpaired) electrons. The Hall–Kier alpha value is -2.64. The fraction of sp³-hybridized carbons (Fsp3) is 0.176.